The number of benzene rings is 2. The Morgan fingerprint density at radius 2 is 1.83 bits per heavy atom. The molecule has 1 heterocycles. The number of carbonyl (C=O) groups excluding carboxylic acids is 2. The van der Waals surface area contributed by atoms with Gasteiger partial charge in [-0.05, 0) is 42.0 Å². The summed E-state index contributed by atoms with van der Waals surface area (Å²) in [7, 11) is 0. The lowest BCUT2D eigenvalue weighted by molar-refractivity contribution is -0.116. The molecule has 29 heavy (non-hydrogen) atoms. The average Bonchev–Trinajstić information content (AvgIpc) is 2.64. The van der Waals surface area contributed by atoms with Gasteiger partial charge in [-0.1, -0.05) is 23.7 Å². The Hall–Kier alpha value is -3.32. The zero-order valence-electron chi connectivity index (χ0n) is 15.3. The number of halogens is 3. The van der Waals surface area contributed by atoms with Crippen LogP contribution < -0.4 is 10.2 Å². The van der Waals surface area contributed by atoms with Crippen LogP contribution in [-0.4, -0.2) is 16.8 Å². The summed E-state index contributed by atoms with van der Waals surface area (Å²) in [4.78, 5) is 29.8. The molecule has 0 aliphatic rings. The fraction of sp³-hybridized carbons (Fsp3) is 0.0952. The Morgan fingerprint density at radius 3 is 2.52 bits per heavy atom. The molecule has 8 heteroatoms. The molecular weight excluding hydrogens is 400 g/mol. The molecule has 0 atom stereocenters. The Bertz CT molecular complexity index is 1080. The van der Waals surface area contributed by atoms with E-state index in [-0.39, 0.29) is 29.1 Å². The van der Waals surface area contributed by atoms with E-state index in [9.17, 15) is 18.4 Å². The van der Waals surface area contributed by atoms with Crippen LogP contribution >= 0.6 is 11.6 Å². The first-order chi connectivity index (χ1) is 13.8. The number of nitrogens with one attached hydrogen (secondary N) is 1. The molecule has 0 unspecified atom stereocenters. The van der Waals surface area contributed by atoms with Crippen LogP contribution in [0.5, 0.6) is 0 Å². The zero-order chi connectivity index (χ0) is 21.0. The zero-order valence-corrected chi connectivity index (χ0v) is 16.1. The molecule has 0 radical (unpaired) electrons. The molecule has 5 nitrogen and oxygen atoms in total. The second-order valence-electron chi connectivity index (χ2n) is 6.20. The monoisotopic (exact) mass is 415 g/mol. The van der Waals surface area contributed by atoms with E-state index in [1.54, 1.807) is 12.1 Å². The van der Waals surface area contributed by atoms with Crippen LogP contribution in [0.15, 0.2) is 60.8 Å². The molecule has 3 aromatic rings. The standard InChI is InChI=1S/C21H16ClF2N3O2/c1-13(28)27(18-4-2-3-15(23)10-18)20-12-17(7-8-25-20)26-21(29)9-14-5-6-16(24)11-19(14)22/h2-8,10-12H,9H2,1H3,(H,25,26,29). The van der Waals surface area contributed by atoms with Crippen LogP contribution in [-0.2, 0) is 16.0 Å². The van der Waals surface area contributed by atoms with Gasteiger partial charge in [0.15, 0.2) is 0 Å². The fourth-order valence-corrected chi connectivity index (χ4v) is 2.99. The van der Waals surface area contributed by atoms with Crippen LogP contribution in [0.4, 0.5) is 26.0 Å². The van der Waals surface area contributed by atoms with Gasteiger partial charge in [-0.3, -0.25) is 14.5 Å². The maximum atomic E-state index is 13.6. The fourth-order valence-electron chi connectivity index (χ4n) is 2.75. The Morgan fingerprint density at radius 1 is 1.07 bits per heavy atom. The van der Waals surface area contributed by atoms with Crippen LogP contribution in [0.1, 0.15) is 12.5 Å². The highest BCUT2D eigenvalue weighted by molar-refractivity contribution is 6.31. The van der Waals surface area contributed by atoms with Crippen LogP contribution in [0.25, 0.3) is 0 Å². The third-order valence-electron chi connectivity index (χ3n) is 4.01. The molecular formula is C21H16ClF2N3O2. The van der Waals surface area contributed by atoms with Crippen molar-refractivity contribution in [2.75, 3.05) is 10.2 Å². The molecule has 0 aliphatic heterocycles. The van der Waals surface area contributed by atoms with Crippen molar-refractivity contribution >= 4 is 40.6 Å². The number of nitrogens with zero attached hydrogens (tertiary/aromatic N) is 2. The number of hydrogen-bond donors (Lipinski definition) is 1. The summed E-state index contributed by atoms with van der Waals surface area (Å²) in [6.07, 6.45) is 1.36. The van der Waals surface area contributed by atoms with E-state index in [1.165, 1.54) is 54.4 Å². The quantitative estimate of drug-likeness (QED) is 0.646. The number of anilines is 3. The van der Waals surface area contributed by atoms with Crippen molar-refractivity contribution in [3.05, 3.63) is 83.0 Å². The maximum Gasteiger partial charge on any atom is 0.229 e. The number of hydrogen-bond acceptors (Lipinski definition) is 3. The van der Waals surface area contributed by atoms with Gasteiger partial charge in [0, 0.05) is 29.9 Å². The predicted octanol–water partition coefficient (Wildman–Crippen LogP) is 4.88. The van der Waals surface area contributed by atoms with Gasteiger partial charge in [-0.15, -0.1) is 0 Å². The number of pyridine rings is 1. The summed E-state index contributed by atoms with van der Waals surface area (Å²) in [5.41, 5.74) is 1.18. The number of aromatic nitrogens is 1. The molecule has 148 valence electrons. The summed E-state index contributed by atoms with van der Waals surface area (Å²) in [6, 6.07) is 12.4. The average molecular weight is 416 g/mol. The molecule has 0 saturated heterocycles. The first-order valence-electron chi connectivity index (χ1n) is 8.59. The number of amides is 2. The van der Waals surface area contributed by atoms with E-state index in [0.717, 1.165) is 6.07 Å². The third kappa shape index (κ3) is 5.14. The highest BCUT2D eigenvalue weighted by atomic mass is 35.5. The Labute approximate surface area is 170 Å². The number of carbonyl (C=O) groups is 2. The van der Waals surface area contributed by atoms with Crippen molar-refractivity contribution in [3.8, 4) is 0 Å². The summed E-state index contributed by atoms with van der Waals surface area (Å²) in [5.74, 6) is -1.50. The highest BCUT2D eigenvalue weighted by Crippen LogP contribution is 2.26. The van der Waals surface area contributed by atoms with Gasteiger partial charge in [0.2, 0.25) is 11.8 Å². The lowest BCUT2D eigenvalue weighted by atomic mass is 10.1. The second kappa shape index (κ2) is 8.79. The molecule has 0 aliphatic carbocycles. The molecule has 0 saturated carbocycles. The second-order valence-corrected chi connectivity index (χ2v) is 6.60. The van der Waals surface area contributed by atoms with E-state index in [4.69, 9.17) is 11.6 Å². The van der Waals surface area contributed by atoms with E-state index in [1.807, 2.05) is 0 Å². The Balaban J connectivity index is 1.81. The first kappa shape index (κ1) is 20.4. The summed E-state index contributed by atoms with van der Waals surface area (Å²) in [6.45, 7) is 1.33. The van der Waals surface area contributed by atoms with Crippen LogP contribution in [0.2, 0.25) is 5.02 Å². The lowest BCUT2D eigenvalue weighted by Crippen LogP contribution is -2.24. The molecule has 1 N–H and O–H groups in total. The predicted molar refractivity (Wildman–Crippen MR) is 107 cm³/mol. The molecule has 0 spiro atoms. The van der Waals surface area contributed by atoms with Gasteiger partial charge in [-0.25, -0.2) is 13.8 Å². The molecule has 2 amide bonds. The van der Waals surface area contributed by atoms with Gasteiger partial charge in [0.05, 0.1) is 12.1 Å². The molecule has 3 rings (SSSR count). The van der Waals surface area contributed by atoms with Gasteiger partial charge < -0.3 is 5.32 Å². The largest absolute Gasteiger partial charge is 0.326 e. The summed E-state index contributed by atoms with van der Waals surface area (Å²) in [5, 5.41) is 2.84. The number of rotatable bonds is 5. The van der Waals surface area contributed by atoms with Crippen molar-refractivity contribution in [2.45, 2.75) is 13.3 Å². The van der Waals surface area contributed by atoms with Gasteiger partial charge in [-0.2, -0.15) is 0 Å². The van der Waals surface area contributed by atoms with Crippen molar-refractivity contribution < 1.29 is 18.4 Å². The van der Waals surface area contributed by atoms with E-state index < -0.39 is 11.6 Å². The summed E-state index contributed by atoms with van der Waals surface area (Å²) >= 11 is 5.95. The van der Waals surface area contributed by atoms with Gasteiger partial charge in [0.25, 0.3) is 0 Å². The van der Waals surface area contributed by atoms with Crippen molar-refractivity contribution in [2.24, 2.45) is 0 Å². The Kier molecular flexibility index (Phi) is 6.19. The first-order valence-corrected chi connectivity index (χ1v) is 8.97. The van der Waals surface area contributed by atoms with E-state index in [0.29, 0.717) is 16.9 Å². The minimum absolute atomic E-state index is 0.0584. The minimum atomic E-state index is -0.491. The topological polar surface area (TPSA) is 62.3 Å². The molecule has 0 bridgehead atoms. The van der Waals surface area contributed by atoms with Crippen LogP contribution in [0, 0.1) is 11.6 Å². The summed E-state index contributed by atoms with van der Waals surface area (Å²) < 4.78 is 26.7. The van der Waals surface area contributed by atoms with E-state index >= 15 is 0 Å². The SMILES string of the molecule is CC(=O)N(c1cccc(F)c1)c1cc(NC(=O)Cc2ccc(F)cc2Cl)ccn1. The van der Waals surface area contributed by atoms with Crippen molar-refractivity contribution in [1.29, 1.82) is 0 Å². The molecule has 0 fully saturated rings. The van der Waals surface area contributed by atoms with Gasteiger partial charge in [0.1, 0.15) is 17.5 Å². The van der Waals surface area contributed by atoms with Crippen LogP contribution in [0.3, 0.4) is 0 Å². The van der Waals surface area contributed by atoms with Crippen molar-refractivity contribution in [3.63, 3.8) is 0 Å². The molecule has 2 aromatic carbocycles. The van der Waals surface area contributed by atoms with Crippen molar-refractivity contribution in [1.82, 2.24) is 4.98 Å². The normalized spacial score (nSPS) is 10.5. The van der Waals surface area contributed by atoms with Gasteiger partial charge >= 0.3 is 0 Å². The highest BCUT2D eigenvalue weighted by Gasteiger charge is 2.17. The maximum absolute atomic E-state index is 13.6. The third-order valence-corrected chi connectivity index (χ3v) is 4.36. The molecule has 1 aromatic heterocycles. The smallest absolute Gasteiger partial charge is 0.229 e. The lowest BCUT2D eigenvalue weighted by Gasteiger charge is -2.21. The van der Waals surface area contributed by atoms with E-state index in [2.05, 4.69) is 10.3 Å². The minimum Gasteiger partial charge on any atom is -0.326 e.